The highest BCUT2D eigenvalue weighted by Crippen LogP contribution is 1.90. The van der Waals surface area contributed by atoms with Crippen molar-refractivity contribution in [1.82, 2.24) is 0 Å². The summed E-state index contributed by atoms with van der Waals surface area (Å²) in [5.74, 6) is 0. The molecule has 0 aliphatic carbocycles. The minimum absolute atomic E-state index is 0.900. The Morgan fingerprint density at radius 3 is 2.50 bits per heavy atom. The topological polar surface area (TPSA) is 9.23 Å². The standard InChI is InChI=1S/C4H9IO/c1-2-3-4-6-5/h2-4H2,1H3. The number of hydrogen-bond donors (Lipinski definition) is 0. The van der Waals surface area contributed by atoms with Gasteiger partial charge in [0.2, 0.25) is 0 Å². The lowest BCUT2D eigenvalue weighted by molar-refractivity contribution is 0.411. The van der Waals surface area contributed by atoms with E-state index >= 15 is 0 Å². The minimum Gasteiger partial charge on any atom is -0.316 e. The van der Waals surface area contributed by atoms with Gasteiger partial charge in [-0.2, -0.15) is 0 Å². The molecule has 0 aromatic carbocycles. The van der Waals surface area contributed by atoms with Gasteiger partial charge in [-0.3, -0.25) is 0 Å². The molecule has 0 aliphatic heterocycles. The fraction of sp³-hybridized carbons (Fsp3) is 1.00. The zero-order chi connectivity index (χ0) is 4.83. The molecule has 0 rings (SSSR count). The highest BCUT2D eigenvalue weighted by molar-refractivity contribution is 14.1. The Hall–Kier alpha value is 0.690. The van der Waals surface area contributed by atoms with Crippen molar-refractivity contribution in [1.29, 1.82) is 0 Å². The summed E-state index contributed by atoms with van der Waals surface area (Å²) in [4.78, 5) is 0. The Morgan fingerprint density at radius 2 is 2.33 bits per heavy atom. The third-order valence-electron chi connectivity index (χ3n) is 0.575. The van der Waals surface area contributed by atoms with Crippen molar-refractivity contribution in [3.63, 3.8) is 0 Å². The molecule has 0 saturated carbocycles. The van der Waals surface area contributed by atoms with Crippen molar-refractivity contribution in [2.24, 2.45) is 0 Å². The first-order valence-electron chi connectivity index (χ1n) is 2.15. The molecule has 0 spiro atoms. The van der Waals surface area contributed by atoms with Crippen molar-refractivity contribution in [2.45, 2.75) is 19.8 Å². The van der Waals surface area contributed by atoms with Gasteiger partial charge in [-0.05, 0) is 6.42 Å². The predicted octanol–water partition coefficient (Wildman–Crippen LogP) is 2.15. The van der Waals surface area contributed by atoms with Gasteiger partial charge in [0.25, 0.3) is 0 Å². The predicted molar refractivity (Wildman–Crippen MR) is 34.9 cm³/mol. The summed E-state index contributed by atoms with van der Waals surface area (Å²) in [5, 5.41) is 0. The quantitative estimate of drug-likeness (QED) is 0.501. The maximum atomic E-state index is 4.75. The van der Waals surface area contributed by atoms with E-state index in [1.807, 2.05) is 23.0 Å². The smallest absolute Gasteiger partial charge is 0.109 e. The lowest BCUT2D eigenvalue weighted by atomic mass is 10.4. The Bertz CT molecular complexity index is 19.5. The summed E-state index contributed by atoms with van der Waals surface area (Å²) >= 11 is 1.91. The van der Waals surface area contributed by atoms with Crippen molar-refractivity contribution >= 4 is 23.0 Å². The maximum Gasteiger partial charge on any atom is 0.109 e. The van der Waals surface area contributed by atoms with Crippen molar-refractivity contribution in [3.8, 4) is 0 Å². The second-order valence-electron chi connectivity index (χ2n) is 1.17. The molecule has 0 N–H and O–H groups in total. The Balaban J connectivity index is 2.34. The molecule has 38 valence electrons. The second kappa shape index (κ2) is 5.69. The zero-order valence-electron chi connectivity index (χ0n) is 3.91. The monoisotopic (exact) mass is 200 g/mol. The first-order valence-corrected chi connectivity index (χ1v) is 3.03. The average Bonchev–Trinajstić information content (AvgIpc) is 1.61. The molecule has 0 heterocycles. The van der Waals surface area contributed by atoms with Gasteiger partial charge in [0.15, 0.2) is 0 Å². The number of halogens is 1. The van der Waals surface area contributed by atoms with E-state index < -0.39 is 0 Å². The normalized spacial score (nSPS) is 9.00. The first kappa shape index (κ1) is 6.69. The van der Waals surface area contributed by atoms with Gasteiger partial charge in [0.05, 0.1) is 6.61 Å². The van der Waals surface area contributed by atoms with E-state index in [2.05, 4.69) is 6.92 Å². The van der Waals surface area contributed by atoms with Crippen molar-refractivity contribution in [2.75, 3.05) is 6.61 Å². The molecule has 0 amide bonds. The molecule has 0 unspecified atom stereocenters. The van der Waals surface area contributed by atoms with Crippen molar-refractivity contribution < 1.29 is 3.07 Å². The van der Waals surface area contributed by atoms with Crippen LogP contribution in [-0.2, 0) is 3.07 Å². The lowest BCUT2D eigenvalue weighted by Crippen LogP contribution is -1.78. The van der Waals surface area contributed by atoms with Gasteiger partial charge in [-0.15, -0.1) is 0 Å². The van der Waals surface area contributed by atoms with Crippen molar-refractivity contribution in [3.05, 3.63) is 0 Å². The third-order valence-corrected chi connectivity index (χ3v) is 1.02. The van der Waals surface area contributed by atoms with E-state index in [9.17, 15) is 0 Å². The molecule has 1 nitrogen and oxygen atoms in total. The van der Waals surface area contributed by atoms with Crippen LogP contribution in [0.4, 0.5) is 0 Å². The fourth-order valence-electron chi connectivity index (χ4n) is 0.199. The van der Waals surface area contributed by atoms with Crippen LogP contribution in [0.25, 0.3) is 0 Å². The summed E-state index contributed by atoms with van der Waals surface area (Å²) in [6.07, 6.45) is 2.41. The molecular weight excluding hydrogens is 191 g/mol. The van der Waals surface area contributed by atoms with Gasteiger partial charge in [0.1, 0.15) is 23.0 Å². The summed E-state index contributed by atoms with van der Waals surface area (Å²) < 4.78 is 4.75. The molecule has 2 heteroatoms. The maximum absolute atomic E-state index is 4.75. The largest absolute Gasteiger partial charge is 0.316 e. The van der Waals surface area contributed by atoms with Gasteiger partial charge in [-0.25, -0.2) is 0 Å². The Kier molecular flexibility index (Phi) is 6.34. The molecule has 0 aliphatic rings. The molecule has 0 fully saturated rings. The molecule has 0 saturated heterocycles. The highest BCUT2D eigenvalue weighted by atomic mass is 127. The van der Waals surface area contributed by atoms with Gasteiger partial charge >= 0.3 is 0 Å². The summed E-state index contributed by atoms with van der Waals surface area (Å²) in [7, 11) is 0. The van der Waals surface area contributed by atoms with Crippen LogP contribution in [0, 0.1) is 0 Å². The van der Waals surface area contributed by atoms with E-state index in [1.165, 1.54) is 12.8 Å². The molecule has 6 heavy (non-hydrogen) atoms. The molecular formula is C4H9IO. The summed E-state index contributed by atoms with van der Waals surface area (Å²) in [5.41, 5.74) is 0. The zero-order valence-corrected chi connectivity index (χ0v) is 6.07. The van der Waals surface area contributed by atoms with E-state index in [0.717, 1.165) is 6.61 Å². The Labute approximate surface area is 52.8 Å². The van der Waals surface area contributed by atoms with Gasteiger partial charge in [-0.1, -0.05) is 13.3 Å². The number of rotatable bonds is 3. The average molecular weight is 200 g/mol. The van der Waals surface area contributed by atoms with Crippen LogP contribution in [0.3, 0.4) is 0 Å². The van der Waals surface area contributed by atoms with Crippen LogP contribution in [0.15, 0.2) is 0 Å². The highest BCUT2D eigenvalue weighted by Gasteiger charge is 1.76. The van der Waals surface area contributed by atoms with Crippen LogP contribution in [-0.4, -0.2) is 6.61 Å². The minimum atomic E-state index is 0.900. The number of unbranched alkanes of at least 4 members (excludes halogenated alkanes) is 1. The lowest BCUT2D eigenvalue weighted by Gasteiger charge is -1.86. The van der Waals surface area contributed by atoms with Crippen LogP contribution in [0.2, 0.25) is 0 Å². The SMILES string of the molecule is CCCCOI. The summed E-state index contributed by atoms with van der Waals surface area (Å²) in [6, 6.07) is 0. The second-order valence-corrected chi connectivity index (χ2v) is 1.79. The van der Waals surface area contributed by atoms with Crippen LogP contribution >= 0.6 is 23.0 Å². The molecule has 0 radical (unpaired) electrons. The molecule has 0 aromatic rings. The molecule has 0 atom stereocenters. The third kappa shape index (κ3) is 4.69. The molecule has 0 aromatic heterocycles. The fourth-order valence-corrected chi connectivity index (χ4v) is 0.510. The van der Waals surface area contributed by atoms with E-state index in [-0.39, 0.29) is 0 Å². The van der Waals surface area contributed by atoms with E-state index in [0.29, 0.717) is 0 Å². The van der Waals surface area contributed by atoms with Crippen LogP contribution < -0.4 is 0 Å². The Morgan fingerprint density at radius 1 is 1.67 bits per heavy atom. The van der Waals surface area contributed by atoms with Crippen LogP contribution in [0.1, 0.15) is 19.8 Å². The van der Waals surface area contributed by atoms with Gasteiger partial charge < -0.3 is 3.07 Å². The van der Waals surface area contributed by atoms with Gasteiger partial charge in [0, 0.05) is 0 Å². The van der Waals surface area contributed by atoms with E-state index in [1.54, 1.807) is 0 Å². The first-order chi connectivity index (χ1) is 2.91. The van der Waals surface area contributed by atoms with Crippen LogP contribution in [0.5, 0.6) is 0 Å². The number of hydrogen-bond acceptors (Lipinski definition) is 1. The summed E-state index contributed by atoms with van der Waals surface area (Å²) in [6.45, 7) is 3.05. The molecule has 0 bridgehead atoms. The van der Waals surface area contributed by atoms with E-state index in [4.69, 9.17) is 3.07 Å².